The third-order valence-electron chi connectivity index (χ3n) is 3.56. The van der Waals surface area contributed by atoms with E-state index in [0.717, 1.165) is 11.1 Å². The molecule has 2 rings (SSSR count). The van der Waals surface area contributed by atoms with Crippen LogP contribution in [-0.4, -0.2) is 23.8 Å². The van der Waals surface area contributed by atoms with Crippen molar-refractivity contribution in [3.8, 4) is 0 Å². The second kappa shape index (κ2) is 5.83. The molecule has 100 valence electrons. The number of aliphatic imine (C=N–C) groups is 1. The molecule has 0 aromatic heterocycles. The zero-order valence-electron chi connectivity index (χ0n) is 11.4. The Labute approximate surface area is 113 Å². The highest BCUT2D eigenvalue weighted by molar-refractivity contribution is 5.90. The zero-order chi connectivity index (χ0) is 13.8. The summed E-state index contributed by atoms with van der Waals surface area (Å²) in [5.74, 6) is -1.03. The summed E-state index contributed by atoms with van der Waals surface area (Å²) < 4.78 is 0. The van der Waals surface area contributed by atoms with Crippen LogP contribution >= 0.6 is 0 Å². The number of rotatable bonds is 5. The number of carboxylic acids is 1. The SMILES string of the molecule is CCC(Cc1ccc(C)cc1C1=CC=NC1)C(=O)O. The Morgan fingerprint density at radius 2 is 2.26 bits per heavy atom. The summed E-state index contributed by atoms with van der Waals surface area (Å²) in [6, 6.07) is 6.23. The minimum atomic E-state index is -0.717. The molecule has 1 aromatic carbocycles. The molecule has 0 saturated carbocycles. The number of carbonyl (C=O) groups is 1. The lowest BCUT2D eigenvalue weighted by atomic mass is 9.90. The van der Waals surface area contributed by atoms with Gasteiger partial charge in [-0.1, -0.05) is 30.7 Å². The predicted octanol–water partition coefficient (Wildman–Crippen LogP) is 3.12. The third-order valence-corrected chi connectivity index (χ3v) is 3.56. The fourth-order valence-corrected chi connectivity index (χ4v) is 2.36. The van der Waals surface area contributed by atoms with E-state index >= 15 is 0 Å². The van der Waals surface area contributed by atoms with E-state index in [1.165, 1.54) is 11.1 Å². The van der Waals surface area contributed by atoms with Crippen LogP contribution < -0.4 is 0 Å². The highest BCUT2D eigenvalue weighted by Gasteiger charge is 2.18. The largest absolute Gasteiger partial charge is 0.481 e. The number of carboxylic acid groups (broad SMARTS) is 1. The van der Waals surface area contributed by atoms with Crippen molar-refractivity contribution < 1.29 is 9.90 Å². The van der Waals surface area contributed by atoms with Crippen LogP contribution in [0.2, 0.25) is 0 Å². The lowest BCUT2D eigenvalue weighted by molar-refractivity contribution is -0.141. The van der Waals surface area contributed by atoms with E-state index < -0.39 is 5.97 Å². The molecule has 1 heterocycles. The van der Waals surface area contributed by atoms with Crippen LogP contribution in [0.5, 0.6) is 0 Å². The van der Waals surface area contributed by atoms with Crippen molar-refractivity contribution in [2.24, 2.45) is 10.9 Å². The number of allylic oxidation sites excluding steroid dienone is 1. The number of aliphatic carboxylic acids is 1. The molecule has 1 N–H and O–H groups in total. The van der Waals surface area contributed by atoms with E-state index in [1.807, 2.05) is 25.3 Å². The smallest absolute Gasteiger partial charge is 0.306 e. The molecule has 0 radical (unpaired) electrons. The van der Waals surface area contributed by atoms with Gasteiger partial charge in [0.2, 0.25) is 0 Å². The maximum absolute atomic E-state index is 11.2. The molecule has 1 aliphatic heterocycles. The van der Waals surface area contributed by atoms with Crippen molar-refractivity contribution in [3.05, 3.63) is 41.0 Å². The van der Waals surface area contributed by atoms with Gasteiger partial charge >= 0.3 is 5.97 Å². The second-order valence-corrected chi connectivity index (χ2v) is 4.99. The highest BCUT2D eigenvalue weighted by atomic mass is 16.4. The third kappa shape index (κ3) is 3.11. The monoisotopic (exact) mass is 257 g/mol. The number of benzene rings is 1. The first-order valence-corrected chi connectivity index (χ1v) is 6.63. The summed E-state index contributed by atoms with van der Waals surface area (Å²) in [5.41, 5.74) is 4.63. The van der Waals surface area contributed by atoms with Gasteiger partial charge in [0.05, 0.1) is 12.5 Å². The summed E-state index contributed by atoms with van der Waals surface area (Å²) in [7, 11) is 0. The average Bonchev–Trinajstić information content (AvgIpc) is 2.90. The Kier molecular flexibility index (Phi) is 4.15. The fourth-order valence-electron chi connectivity index (χ4n) is 2.36. The Hall–Kier alpha value is -1.90. The molecule has 0 fully saturated rings. The zero-order valence-corrected chi connectivity index (χ0v) is 11.4. The summed E-state index contributed by atoms with van der Waals surface area (Å²) >= 11 is 0. The Balaban J connectivity index is 2.32. The lowest BCUT2D eigenvalue weighted by Gasteiger charge is -2.15. The van der Waals surface area contributed by atoms with Gasteiger partial charge in [-0.3, -0.25) is 9.79 Å². The molecule has 0 spiro atoms. The van der Waals surface area contributed by atoms with Gasteiger partial charge in [-0.2, -0.15) is 0 Å². The van der Waals surface area contributed by atoms with Gasteiger partial charge in [0.25, 0.3) is 0 Å². The number of aryl methyl sites for hydroxylation is 1. The number of nitrogens with zero attached hydrogens (tertiary/aromatic N) is 1. The van der Waals surface area contributed by atoms with Gasteiger partial charge in [0, 0.05) is 6.21 Å². The Morgan fingerprint density at radius 3 is 2.84 bits per heavy atom. The molecule has 1 aliphatic rings. The summed E-state index contributed by atoms with van der Waals surface area (Å²) in [4.78, 5) is 15.4. The van der Waals surface area contributed by atoms with E-state index in [0.29, 0.717) is 19.4 Å². The Morgan fingerprint density at radius 1 is 1.47 bits per heavy atom. The van der Waals surface area contributed by atoms with Crippen LogP contribution in [0.25, 0.3) is 5.57 Å². The maximum atomic E-state index is 11.2. The number of hydrogen-bond donors (Lipinski definition) is 1. The molecule has 1 atom stereocenters. The van der Waals surface area contributed by atoms with Gasteiger partial charge in [0.15, 0.2) is 0 Å². The van der Waals surface area contributed by atoms with Crippen molar-refractivity contribution >= 4 is 17.8 Å². The molecule has 0 saturated heterocycles. The van der Waals surface area contributed by atoms with Gasteiger partial charge in [-0.05, 0) is 42.5 Å². The minimum Gasteiger partial charge on any atom is -0.481 e. The van der Waals surface area contributed by atoms with Crippen LogP contribution in [0, 0.1) is 12.8 Å². The van der Waals surface area contributed by atoms with E-state index in [9.17, 15) is 9.90 Å². The van der Waals surface area contributed by atoms with Crippen molar-refractivity contribution in [1.82, 2.24) is 0 Å². The fraction of sp³-hybridized carbons (Fsp3) is 0.375. The van der Waals surface area contributed by atoms with Gasteiger partial charge in [-0.25, -0.2) is 0 Å². The minimum absolute atomic E-state index is 0.315. The van der Waals surface area contributed by atoms with Gasteiger partial charge in [0.1, 0.15) is 0 Å². The average molecular weight is 257 g/mol. The van der Waals surface area contributed by atoms with Crippen molar-refractivity contribution in [3.63, 3.8) is 0 Å². The molecule has 3 heteroatoms. The quantitative estimate of drug-likeness (QED) is 0.881. The second-order valence-electron chi connectivity index (χ2n) is 4.99. The van der Waals surface area contributed by atoms with Crippen molar-refractivity contribution in [2.45, 2.75) is 26.7 Å². The maximum Gasteiger partial charge on any atom is 0.306 e. The van der Waals surface area contributed by atoms with Crippen LogP contribution in [0.3, 0.4) is 0 Å². The summed E-state index contributed by atoms with van der Waals surface area (Å²) in [5, 5.41) is 9.21. The molecule has 0 amide bonds. The first-order valence-electron chi connectivity index (χ1n) is 6.63. The van der Waals surface area contributed by atoms with E-state index in [4.69, 9.17) is 0 Å². The van der Waals surface area contributed by atoms with E-state index in [1.54, 1.807) is 0 Å². The topological polar surface area (TPSA) is 49.7 Å². The molecule has 1 unspecified atom stereocenters. The van der Waals surface area contributed by atoms with Crippen LogP contribution in [0.1, 0.15) is 30.0 Å². The summed E-state index contributed by atoms with van der Waals surface area (Å²) in [6.07, 6.45) is 5.06. The number of hydrogen-bond acceptors (Lipinski definition) is 2. The van der Waals surface area contributed by atoms with Crippen molar-refractivity contribution in [1.29, 1.82) is 0 Å². The van der Waals surface area contributed by atoms with Gasteiger partial charge in [-0.15, -0.1) is 0 Å². The normalized spacial score (nSPS) is 15.4. The van der Waals surface area contributed by atoms with Crippen molar-refractivity contribution in [2.75, 3.05) is 6.54 Å². The standard InChI is InChI=1S/C16H19NO2/c1-3-12(16(18)19)9-13-5-4-11(2)8-15(13)14-6-7-17-10-14/h4-8,12H,3,9-10H2,1-2H3,(H,18,19). The first-order chi connectivity index (χ1) is 9.11. The van der Waals surface area contributed by atoms with Crippen LogP contribution in [-0.2, 0) is 11.2 Å². The molecular weight excluding hydrogens is 238 g/mol. The van der Waals surface area contributed by atoms with E-state index in [-0.39, 0.29) is 5.92 Å². The first kappa shape index (κ1) is 13.5. The lowest BCUT2D eigenvalue weighted by Crippen LogP contribution is -2.16. The predicted molar refractivity (Wildman–Crippen MR) is 77.6 cm³/mol. The molecular formula is C16H19NO2. The highest BCUT2D eigenvalue weighted by Crippen LogP contribution is 2.26. The summed E-state index contributed by atoms with van der Waals surface area (Å²) in [6.45, 7) is 4.67. The molecule has 1 aromatic rings. The van der Waals surface area contributed by atoms with Crippen LogP contribution in [0.15, 0.2) is 29.3 Å². The van der Waals surface area contributed by atoms with Crippen LogP contribution in [0.4, 0.5) is 0 Å². The molecule has 3 nitrogen and oxygen atoms in total. The molecule has 0 bridgehead atoms. The molecule has 19 heavy (non-hydrogen) atoms. The Bertz CT molecular complexity index is 544. The van der Waals surface area contributed by atoms with Gasteiger partial charge < -0.3 is 5.11 Å². The van der Waals surface area contributed by atoms with E-state index in [2.05, 4.69) is 24.0 Å². The molecule has 0 aliphatic carbocycles.